The van der Waals surface area contributed by atoms with Gasteiger partial charge in [-0.15, -0.1) is 0 Å². The Morgan fingerprint density at radius 3 is 2.62 bits per heavy atom. The van der Waals surface area contributed by atoms with Gasteiger partial charge in [0.15, 0.2) is 0 Å². The van der Waals surface area contributed by atoms with E-state index in [1.54, 1.807) is 18.2 Å². The monoisotopic (exact) mass is 181 g/mol. The molecule has 0 spiro atoms. The molecule has 1 unspecified atom stereocenters. The first kappa shape index (κ1) is 11.6. The zero-order chi connectivity index (χ0) is 10.3. The maximum absolute atomic E-state index is 10.7. The van der Waals surface area contributed by atoms with Crippen LogP contribution in [-0.2, 0) is 9.53 Å². The van der Waals surface area contributed by atoms with Crippen molar-refractivity contribution in [3.05, 3.63) is 36.5 Å². The molecule has 0 aliphatic heterocycles. The Balaban J connectivity index is 4.30. The second-order valence-corrected chi connectivity index (χ2v) is 2.54. The molecule has 3 nitrogen and oxygen atoms in total. The fourth-order valence-corrected chi connectivity index (χ4v) is 0.712. The minimum Gasteiger partial charge on any atom is -0.466 e. The molecule has 0 aliphatic rings. The van der Waals surface area contributed by atoms with E-state index in [1.807, 2.05) is 6.92 Å². The molecule has 0 aromatic carbocycles. The number of carbonyl (C=O) groups excluding carboxylic acids is 1. The average Bonchev–Trinajstić information content (AvgIpc) is 2.11. The molecule has 0 heterocycles. The number of methoxy groups -OCH3 is 1. The highest BCUT2D eigenvalue weighted by Crippen LogP contribution is 2.00. The first-order valence-electron chi connectivity index (χ1n) is 3.96. The van der Waals surface area contributed by atoms with Crippen LogP contribution in [0.5, 0.6) is 0 Å². The maximum Gasteiger partial charge on any atom is 0.330 e. The molecule has 0 aromatic rings. The van der Waals surface area contributed by atoms with Gasteiger partial charge in [-0.3, -0.25) is 0 Å². The molecule has 0 rings (SSSR count). The van der Waals surface area contributed by atoms with Crippen molar-refractivity contribution in [1.82, 2.24) is 0 Å². The number of nitrogens with two attached hydrogens (primary N) is 1. The van der Waals surface area contributed by atoms with Crippen molar-refractivity contribution in [2.24, 2.45) is 5.73 Å². The molecule has 0 saturated heterocycles. The van der Waals surface area contributed by atoms with Gasteiger partial charge in [0.25, 0.3) is 0 Å². The second-order valence-electron chi connectivity index (χ2n) is 2.54. The summed E-state index contributed by atoms with van der Waals surface area (Å²) < 4.78 is 4.41. The molecule has 1 atom stereocenters. The van der Waals surface area contributed by atoms with Gasteiger partial charge >= 0.3 is 5.97 Å². The van der Waals surface area contributed by atoms with Crippen molar-refractivity contribution >= 4 is 5.97 Å². The van der Waals surface area contributed by atoms with Gasteiger partial charge in [0.1, 0.15) is 0 Å². The zero-order valence-electron chi connectivity index (χ0n) is 7.99. The van der Waals surface area contributed by atoms with Crippen LogP contribution in [0.2, 0.25) is 0 Å². The highest BCUT2D eigenvalue weighted by molar-refractivity contribution is 5.82. The summed E-state index contributed by atoms with van der Waals surface area (Å²) in [5.74, 6) is -0.385. The summed E-state index contributed by atoms with van der Waals surface area (Å²) in [5, 5.41) is 0. The van der Waals surface area contributed by atoms with Crippen LogP contribution >= 0.6 is 0 Å². The van der Waals surface area contributed by atoms with Crippen molar-refractivity contribution in [3.63, 3.8) is 0 Å². The number of carbonyl (C=O) groups is 1. The summed E-state index contributed by atoms with van der Waals surface area (Å²) in [7, 11) is 1.33. The molecule has 0 saturated carbocycles. The SMILES string of the molecule is C=C/C(=C\C=C/C(=O)OC)C(C)N. The summed E-state index contributed by atoms with van der Waals surface area (Å²) in [5.41, 5.74) is 6.48. The largest absolute Gasteiger partial charge is 0.466 e. The topological polar surface area (TPSA) is 52.3 Å². The standard InChI is InChI=1S/C10H15NO2/c1-4-9(8(2)11)6-5-7-10(12)13-3/h4-8H,1,11H2,2-3H3/b7-5-,9-6+. The van der Waals surface area contributed by atoms with Crippen LogP contribution in [0.3, 0.4) is 0 Å². The van der Waals surface area contributed by atoms with E-state index < -0.39 is 0 Å². The Hall–Kier alpha value is -1.35. The minimum absolute atomic E-state index is 0.0835. The second kappa shape index (κ2) is 6.20. The number of esters is 1. The molecule has 2 N–H and O–H groups in total. The predicted molar refractivity (Wildman–Crippen MR) is 53.1 cm³/mol. The fraction of sp³-hybridized carbons (Fsp3) is 0.300. The molecule has 0 aromatic heterocycles. The third-order valence-corrected chi connectivity index (χ3v) is 1.48. The Morgan fingerprint density at radius 1 is 1.62 bits per heavy atom. The molecular formula is C10H15NO2. The third-order valence-electron chi connectivity index (χ3n) is 1.48. The lowest BCUT2D eigenvalue weighted by Crippen LogP contribution is -2.16. The van der Waals surface area contributed by atoms with Crippen molar-refractivity contribution in [2.45, 2.75) is 13.0 Å². The lowest BCUT2D eigenvalue weighted by molar-refractivity contribution is -0.134. The fourth-order valence-electron chi connectivity index (χ4n) is 0.712. The minimum atomic E-state index is -0.385. The van der Waals surface area contributed by atoms with E-state index in [0.717, 1.165) is 5.57 Å². The van der Waals surface area contributed by atoms with Gasteiger partial charge < -0.3 is 10.5 Å². The van der Waals surface area contributed by atoms with E-state index in [4.69, 9.17) is 5.73 Å². The molecule has 13 heavy (non-hydrogen) atoms. The van der Waals surface area contributed by atoms with Gasteiger partial charge in [0.2, 0.25) is 0 Å². The normalized spacial score (nSPS) is 14.2. The number of hydrogen-bond donors (Lipinski definition) is 1. The number of hydrogen-bond acceptors (Lipinski definition) is 3. The molecule has 3 heteroatoms. The molecule has 72 valence electrons. The third kappa shape index (κ3) is 4.98. The quantitative estimate of drug-likeness (QED) is 0.402. The highest BCUT2D eigenvalue weighted by Gasteiger charge is 1.96. The van der Waals surface area contributed by atoms with Crippen LogP contribution < -0.4 is 5.73 Å². The molecule has 0 aliphatic carbocycles. The summed E-state index contributed by atoms with van der Waals surface area (Å²) >= 11 is 0. The predicted octanol–water partition coefficient (Wildman–Crippen LogP) is 1.18. The van der Waals surface area contributed by atoms with Gasteiger partial charge in [0, 0.05) is 12.1 Å². The van der Waals surface area contributed by atoms with Crippen LogP contribution in [0.15, 0.2) is 36.5 Å². The van der Waals surface area contributed by atoms with Crippen LogP contribution in [0.4, 0.5) is 0 Å². The van der Waals surface area contributed by atoms with Gasteiger partial charge in [0.05, 0.1) is 7.11 Å². The van der Waals surface area contributed by atoms with E-state index >= 15 is 0 Å². The van der Waals surface area contributed by atoms with E-state index in [0.29, 0.717) is 0 Å². The molecule has 0 amide bonds. The summed E-state index contributed by atoms with van der Waals surface area (Å²) in [6.45, 7) is 5.45. The first-order valence-corrected chi connectivity index (χ1v) is 3.96. The highest BCUT2D eigenvalue weighted by atomic mass is 16.5. The van der Waals surface area contributed by atoms with Gasteiger partial charge in [-0.25, -0.2) is 4.79 Å². The van der Waals surface area contributed by atoms with Crippen molar-refractivity contribution in [2.75, 3.05) is 7.11 Å². The lowest BCUT2D eigenvalue weighted by Gasteiger charge is -2.03. The smallest absolute Gasteiger partial charge is 0.330 e. The van der Waals surface area contributed by atoms with Crippen LogP contribution in [0.25, 0.3) is 0 Å². The van der Waals surface area contributed by atoms with Gasteiger partial charge in [-0.2, -0.15) is 0 Å². The van der Waals surface area contributed by atoms with Crippen molar-refractivity contribution in [1.29, 1.82) is 0 Å². The summed E-state index contributed by atoms with van der Waals surface area (Å²) in [6.07, 6.45) is 6.30. The van der Waals surface area contributed by atoms with Crippen LogP contribution in [-0.4, -0.2) is 19.1 Å². The molecule has 0 fully saturated rings. The average molecular weight is 181 g/mol. The van der Waals surface area contributed by atoms with E-state index in [2.05, 4.69) is 11.3 Å². The zero-order valence-corrected chi connectivity index (χ0v) is 7.99. The van der Waals surface area contributed by atoms with Gasteiger partial charge in [-0.05, 0) is 12.5 Å². The van der Waals surface area contributed by atoms with Gasteiger partial charge in [-0.1, -0.05) is 24.8 Å². The Kier molecular flexibility index (Phi) is 5.55. The molecule has 0 radical (unpaired) electrons. The van der Waals surface area contributed by atoms with Crippen LogP contribution in [0.1, 0.15) is 6.92 Å². The van der Waals surface area contributed by atoms with E-state index in [9.17, 15) is 4.79 Å². The number of ether oxygens (including phenoxy) is 1. The Bertz CT molecular complexity index is 239. The lowest BCUT2D eigenvalue weighted by atomic mass is 10.1. The first-order chi connectivity index (χ1) is 6.11. The summed E-state index contributed by atoms with van der Waals surface area (Å²) in [4.78, 5) is 10.7. The van der Waals surface area contributed by atoms with E-state index in [-0.39, 0.29) is 12.0 Å². The van der Waals surface area contributed by atoms with E-state index in [1.165, 1.54) is 13.2 Å². The van der Waals surface area contributed by atoms with Crippen LogP contribution in [0, 0.1) is 0 Å². The maximum atomic E-state index is 10.7. The number of rotatable bonds is 4. The van der Waals surface area contributed by atoms with Crippen molar-refractivity contribution in [3.8, 4) is 0 Å². The molecule has 0 bridgehead atoms. The Labute approximate surface area is 78.6 Å². The molecular weight excluding hydrogens is 166 g/mol. The summed E-state index contributed by atoms with van der Waals surface area (Å²) in [6, 6.07) is -0.0835. The van der Waals surface area contributed by atoms with Crippen molar-refractivity contribution < 1.29 is 9.53 Å². The Morgan fingerprint density at radius 2 is 2.23 bits per heavy atom. The number of allylic oxidation sites excluding steroid dienone is 2.